The van der Waals surface area contributed by atoms with Crippen LogP contribution in [-0.2, 0) is 16.1 Å². The first kappa shape index (κ1) is 14.2. The molecule has 2 N–H and O–H groups in total. The average molecular weight is 287 g/mol. The van der Waals surface area contributed by atoms with E-state index in [-0.39, 0.29) is 11.8 Å². The molecule has 1 aliphatic heterocycles. The molecule has 0 radical (unpaired) electrons. The summed E-state index contributed by atoms with van der Waals surface area (Å²) in [5.74, 6) is 0.264. The van der Waals surface area contributed by atoms with Crippen molar-refractivity contribution in [1.29, 1.82) is 0 Å². The fourth-order valence-electron chi connectivity index (χ4n) is 3.49. The van der Waals surface area contributed by atoms with Crippen LogP contribution in [0.5, 0.6) is 0 Å². The van der Waals surface area contributed by atoms with Crippen molar-refractivity contribution < 1.29 is 9.59 Å². The fourth-order valence-corrected chi connectivity index (χ4v) is 3.49. The number of hydrogen-bond donors (Lipinski definition) is 1. The quantitative estimate of drug-likeness (QED) is 0.845. The summed E-state index contributed by atoms with van der Waals surface area (Å²) >= 11 is 0. The van der Waals surface area contributed by atoms with Crippen molar-refractivity contribution in [1.82, 2.24) is 4.98 Å². The van der Waals surface area contributed by atoms with E-state index in [2.05, 4.69) is 4.98 Å². The first-order valence-electron chi connectivity index (χ1n) is 7.69. The molecule has 1 aliphatic carbocycles. The van der Waals surface area contributed by atoms with Crippen LogP contribution in [0.2, 0.25) is 0 Å². The molecule has 5 heteroatoms. The lowest BCUT2D eigenvalue weighted by Gasteiger charge is -2.24. The van der Waals surface area contributed by atoms with E-state index >= 15 is 0 Å². The summed E-state index contributed by atoms with van der Waals surface area (Å²) in [5, 5.41) is 0. The van der Waals surface area contributed by atoms with Gasteiger partial charge in [-0.2, -0.15) is 0 Å². The predicted molar refractivity (Wildman–Crippen MR) is 79.4 cm³/mol. The number of pyridine rings is 1. The van der Waals surface area contributed by atoms with Crippen LogP contribution >= 0.6 is 0 Å². The molecule has 0 aromatic carbocycles. The number of carbonyl (C=O) groups excluding carboxylic acids is 2. The first-order chi connectivity index (χ1) is 10.2. The number of nitrogens with zero attached hydrogens (tertiary/aromatic N) is 2. The molecule has 1 aromatic heterocycles. The van der Waals surface area contributed by atoms with Gasteiger partial charge in [-0.15, -0.1) is 0 Å². The average Bonchev–Trinajstić information content (AvgIpc) is 2.67. The number of rotatable bonds is 2. The first-order valence-corrected chi connectivity index (χ1v) is 7.69. The van der Waals surface area contributed by atoms with Crippen molar-refractivity contribution in [2.75, 3.05) is 4.90 Å². The summed E-state index contributed by atoms with van der Waals surface area (Å²) < 4.78 is 0. The van der Waals surface area contributed by atoms with Gasteiger partial charge in [0.25, 0.3) is 0 Å². The highest BCUT2D eigenvalue weighted by Crippen LogP contribution is 2.45. The second kappa shape index (κ2) is 5.56. The molecule has 1 saturated carbocycles. The lowest BCUT2D eigenvalue weighted by Crippen LogP contribution is -2.36. The Hall–Kier alpha value is -1.75. The Morgan fingerprint density at radius 1 is 1.14 bits per heavy atom. The van der Waals surface area contributed by atoms with E-state index < -0.39 is 5.41 Å². The molecule has 3 rings (SSSR count). The maximum Gasteiger partial charge on any atom is 0.241 e. The van der Waals surface area contributed by atoms with Crippen LogP contribution in [0.25, 0.3) is 0 Å². The van der Waals surface area contributed by atoms with E-state index in [0.29, 0.717) is 18.8 Å². The van der Waals surface area contributed by atoms with E-state index in [9.17, 15) is 9.59 Å². The molecule has 0 bridgehead atoms. The highest BCUT2D eigenvalue weighted by atomic mass is 16.2. The molecule has 2 aliphatic rings. The van der Waals surface area contributed by atoms with Crippen molar-refractivity contribution >= 4 is 17.6 Å². The van der Waals surface area contributed by atoms with Gasteiger partial charge in [-0.3, -0.25) is 9.59 Å². The Bertz CT molecular complexity index is 545. The van der Waals surface area contributed by atoms with Crippen LogP contribution in [0.4, 0.5) is 5.82 Å². The highest BCUT2D eigenvalue weighted by molar-refractivity contribution is 6.22. The molecule has 112 valence electrons. The van der Waals surface area contributed by atoms with Gasteiger partial charge in [-0.05, 0) is 24.5 Å². The lowest BCUT2D eigenvalue weighted by atomic mass is 9.79. The topological polar surface area (TPSA) is 76.3 Å². The highest BCUT2D eigenvalue weighted by Gasteiger charge is 2.51. The van der Waals surface area contributed by atoms with Gasteiger partial charge in [0.2, 0.25) is 11.8 Å². The summed E-state index contributed by atoms with van der Waals surface area (Å²) in [7, 11) is 0. The molecule has 5 nitrogen and oxygen atoms in total. The molecular formula is C16H21N3O2. The van der Waals surface area contributed by atoms with Gasteiger partial charge in [0, 0.05) is 19.2 Å². The number of nitrogens with two attached hydrogens (primary N) is 1. The van der Waals surface area contributed by atoms with Crippen molar-refractivity contribution in [2.24, 2.45) is 11.1 Å². The molecule has 1 saturated heterocycles. The third kappa shape index (κ3) is 2.46. The Morgan fingerprint density at radius 3 is 2.43 bits per heavy atom. The maximum absolute atomic E-state index is 12.8. The summed E-state index contributed by atoms with van der Waals surface area (Å²) in [6.45, 7) is 0.402. The van der Waals surface area contributed by atoms with Crippen LogP contribution in [0.3, 0.4) is 0 Å². The van der Waals surface area contributed by atoms with E-state index in [4.69, 9.17) is 5.73 Å². The smallest absolute Gasteiger partial charge is 0.241 e. The normalized spacial score (nSPS) is 21.9. The second-order valence-corrected chi connectivity index (χ2v) is 6.13. The van der Waals surface area contributed by atoms with Crippen molar-refractivity contribution in [3.63, 3.8) is 0 Å². The summed E-state index contributed by atoms with van der Waals surface area (Å²) in [4.78, 5) is 30.7. The van der Waals surface area contributed by atoms with Crippen LogP contribution in [0.1, 0.15) is 50.5 Å². The Morgan fingerprint density at radius 2 is 1.86 bits per heavy atom. The third-order valence-corrected chi connectivity index (χ3v) is 4.73. The minimum absolute atomic E-state index is 0.0533. The number of anilines is 1. The standard InChI is InChI=1S/C16H21N3O2/c17-10-12-5-6-13(18-11-12)19-14(20)9-16(15(19)21)7-3-1-2-4-8-16/h5-6,11H,1-4,7-10,17H2. The van der Waals surface area contributed by atoms with Gasteiger partial charge in [-0.1, -0.05) is 31.7 Å². The zero-order valence-corrected chi connectivity index (χ0v) is 12.2. The number of imide groups is 1. The van der Waals surface area contributed by atoms with Crippen LogP contribution in [-0.4, -0.2) is 16.8 Å². The fraction of sp³-hybridized carbons (Fsp3) is 0.562. The molecule has 1 aromatic rings. The van der Waals surface area contributed by atoms with Gasteiger partial charge >= 0.3 is 0 Å². The molecule has 2 fully saturated rings. The number of carbonyl (C=O) groups is 2. The number of aromatic nitrogens is 1. The zero-order valence-electron chi connectivity index (χ0n) is 12.2. The number of amides is 2. The Balaban J connectivity index is 1.89. The summed E-state index contributed by atoms with van der Waals surface area (Å²) in [6, 6.07) is 3.54. The van der Waals surface area contributed by atoms with Gasteiger partial charge in [0.05, 0.1) is 5.41 Å². The third-order valence-electron chi connectivity index (χ3n) is 4.73. The minimum Gasteiger partial charge on any atom is -0.326 e. The molecule has 0 atom stereocenters. The SMILES string of the molecule is NCc1ccc(N2C(=O)CC3(CCCCCC3)C2=O)nc1. The zero-order chi connectivity index (χ0) is 14.9. The number of hydrogen-bond acceptors (Lipinski definition) is 4. The van der Waals surface area contributed by atoms with E-state index in [0.717, 1.165) is 44.1 Å². The lowest BCUT2D eigenvalue weighted by molar-refractivity contribution is -0.126. The molecule has 0 unspecified atom stereocenters. The van der Waals surface area contributed by atoms with Crippen LogP contribution in [0.15, 0.2) is 18.3 Å². The Labute approximate surface area is 124 Å². The molecule has 21 heavy (non-hydrogen) atoms. The summed E-state index contributed by atoms with van der Waals surface area (Å²) in [5.41, 5.74) is 5.97. The Kier molecular flexibility index (Phi) is 3.76. The molecule has 1 spiro atoms. The maximum atomic E-state index is 12.8. The van der Waals surface area contributed by atoms with E-state index in [1.165, 1.54) is 4.90 Å². The summed E-state index contributed by atoms with van der Waals surface area (Å²) in [6.07, 6.45) is 8.02. The predicted octanol–water partition coefficient (Wildman–Crippen LogP) is 2.14. The van der Waals surface area contributed by atoms with E-state index in [1.54, 1.807) is 12.3 Å². The van der Waals surface area contributed by atoms with Crippen molar-refractivity contribution in [3.8, 4) is 0 Å². The van der Waals surface area contributed by atoms with E-state index in [1.807, 2.05) is 6.07 Å². The largest absolute Gasteiger partial charge is 0.326 e. The van der Waals surface area contributed by atoms with Crippen LogP contribution < -0.4 is 10.6 Å². The monoisotopic (exact) mass is 287 g/mol. The minimum atomic E-state index is -0.470. The molecule has 2 heterocycles. The van der Waals surface area contributed by atoms with Crippen LogP contribution in [0, 0.1) is 5.41 Å². The second-order valence-electron chi connectivity index (χ2n) is 6.13. The van der Waals surface area contributed by atoms with Gasteiger partial charge in [0.15, 0.2) is 0 Å². The van der Waals surface area contributed by atoms with Gasteiger partial charge in [-0.25, -0.2) is 9.88 Å². The van der Waals surface area contributed by atoms with Gasteiger partial charge in [0.1, 0.15) is 5.82 Å². The van der Waals surface area contributed by atoms with Crippen molar-refractivity contribution in [3.05, 3.63) is 23.9 Å². The molecular weight excluding hydrogens is 266 g/mol. The molecule has 2 amide bonds. The van der Waals surface area contributed by atoms with Crippen molar-refractivity contribution in [2.45, 2.75) is 51.5 Å². The van der Waals surface area contributed by atoms with Gasteiger partial charge < -0.3 is 5.73 Å².